The van der Waals surface area contributed by atoms with Gasteiger partial charge < -0.3 is 0 Å². The number of nitriles is 1. The summed E-state index contributed by atoms with van der Waals surface area (Å²) in [6.45, 7) is 1.58. The van der Waals surface area contributed by atoms with Gasteiger partial charge in [0, 0.05) is 15.7 Å². The average Bonchev–Trinajstić information content (AvgIpc) is 3.08. The zero-order valence-corrected chi connectivity index (χ0v) is 15.3. The van der Waals surface area contributed by atoms with Crippen LogP contribution >= 0.6 is 34.5 Å². The molecule has 0 unspecified atom stereocenters. The highest BCUT2D eigenvalue weighted by molar-refractivity contribution is 7.12. The van der Waals surface area contributed by atoms with Crippen molar-refractivity contribution >= 4 is 52.2 Å². The van der Waals surface area contributed by atoms with Crippen LogP contribution in [-0.4, -0.2) is 23.4 Å². The van der Waals surface area contributed by atoms with Crippen LogP contribution in [0.1, 0.15) is 16.6 Å². The summed E-state index contributed by atoms with van der Waals surface area (Å²) in [7, 11) is 0. The first kappa shape index (κ1) is 17.5. The minimum absolute atomic E-state index is 0.0668. The smallest absolute Gasteiger partial charge is 0.268 e. The molecule has 1 aliphatic rings. The van der Waals surface area contributed by atoms with Gasteiger partial charge in [0.2, 0.25) is 0 Å². The summed E-state index contributed by atoms with van der Waals surface area (Å²) in [6, 6.07) is 9.54. The van der Waals surface area contributed by atoms with Crippen LogP contribution in [0.15, 0.2) is 47.0 Å². The number of allylic oxidation sites excluding steroid dienone is 1. The number of carbonyl (C=O) groups excluding carboxylic acids is 2. The molecule has 0 saturated heterocycles. The van der Waals surface area contributed by atoms with Crippen LogP contribution in [0.2, 0.25) is 10.0 Å². The van der Waals surface area contributed by atoms with Gasteiger partial charge in [-0.3, -0.25) is 14.6 Å². The van der Waals surface area contributed by atoms with Crippen LogP contribution in [0.5, 0.6) is 0 Å². The molecule has 2 aromatic rings. The van der Waals surface area contributed by atoms with E-state index in [4.69, 9.17) is 23.2 Å². The van der Waals surface area contributed by atoms with E-state index in [9.17, 15) is 14.9 Å². The fourth-order valence-corrected chi connectivity index (χ4v) is 3.71. The number of halogens is 2. The zero-order chi connectivity index (χ0) is 18.1. The number of imide groups is 1. The maximum Gasteiger partial charge on any atom is 0.336 e. The van der Waals surface area contributed by atoms with Gasteiger partial charge in [-0.1, -0.05) is 29.3 Å². The van der Waals surface area contributed by atoms with Crippen LogP contribution in [0, 0.1) is 11.3 Å². The number of rotatable bonds is 2. The highest BCUT2D eigenvalue weighted by Crippen LogP contribution is 2.32. The lowest BCUT2D eigenvalue weighted by Gasteiger charge is -2.35. The number of thiophene rings is 1. The minimum atomic E-state index is -0.548. The third kappa shape index (κ3) is 3.27. The third-order valence-corrected chi connectivity index (χ3v) is 5.02. The molecular formula is C17H11Cl2N3O2S. The number of amides is 3. The second-order valence-electron chi connectivity index (χ2n) is 5.29. The second kappa shape index (κ2) is 6.89. The molecule has 1 aromatic heterocycles. The van der Waals surface area contributed by atoms with Crippen molar-refractivity contribution in [3.8, 4) is 6.07 Å². The van der Waals surface area contributed by atoms with Crippen LogP contribution in [0.3, 0.4) is 0 Å². The molecule has 2 heterocycles. The monoisotopic (exact) mass is 391 g/mol. The summed E-state index contributed by atoms with van der Waals surface area (Å²) >= 11 is 13.3. The minimum Gasteiger partial charge on any atom is -0.268 e. The van der Waals surface area contributed by atoms with Crippen molar-refractivity contribution < 1.29 is 9.59 Å². The molecule has 126 valence electrons. The fourth-order valence-electron chi connectivity index (χ4n) is 2.52. The Morgan fingerprint density at radius 1 is 1.28 bits per heavy atom. The number of benzene rings is 1. The van der Waals surface area contributed by atoms with Crippen LogP contribution in [-0.2, 0) is 0 Å². The van der Waals surface area contributed by atoms with E-state index in [1.165, 1.54) is 16.2 Å². The molecule has 0 saturated carbocycles. The molecule has 5 nitrogen and oxygen atoms in total. The number of nitrogens with zero attached hydrogens (tertiary/aromatic N) is 3. The van der Waals surface area contributed by atoms with E-state index in [1.807, 2.05) is 0 Å². The molecule has 1 aromatic carbocycles. The number of hydrogen-bond acceptors (Lipinski definition) is 4. The van der Waals surface area contributed by atoms with Gasteiger partial charge >= 0.3 is 6.03 Å². The summed E-state index contributed by atoms with van der Waals surface area (Å²) in [6.07, 6.45) is 0. The molecule has 1 aliphatic heterocycles. The van der Waals surface area contributed by atoms with Crippen LogP contribution < -0.4 is 4.90 Å². The van der Waals surface area contributed by atoms with Crippen molar-refractivity contribution in [3.05, 3.63) is 61.9 Å². The highest BCUT2D eigenvalue weighted by atomic mass is 35.5. The lowest BCUT2D eigenvalue weighted by Crippen LogP contribution is -2.50. The normalized spacial score (nSPS) is 14.7. The Labute approximate surface area is 158 Å². The first-order valence-corrected chi connectivity index (χ1v) is 8.81. The van der Waals surface area contributed by atoms with Crippen molar-refractivity contribution in [2.45, 2.75) is 6.92 Å². The van der Waals surface area contributed by atoms with Gasteiger partial charge in [0.05, 0.1) is 28.8 Å². The number of hydrogen-bond donors (Lipinski definition) is 0. The molecule has 3 rings (SSSR count). The van der Waals surface area contributed by atoms with Gasteiger partial charge in [-0.15, -0.1) is 11.3 Å². The summed E-state index contributed by atoms with van der Waals surface area (Å²) in [5.41, 5.74) is 1.16. The molecule has 3 amide bonds. The Bertz CT molecular complexity index is 912. The maximum absolute atomic E-state index is 13.0. The first-order valence-electron chi connectivity index (χ1n) is 7.17. The Balaban J connectivity index is 2.09. The van der Waals surface area contributed by atoms with Crippen molar-refractivity contribution in [2.24, 2.45) is 0 Å². The Morgan fingerprint density at radius 2 is 1.96 bits per heavy atom. The quantitative estimate of drug-likeness (QED) is 0.728. The molecule has 0 radical (unpaired) electrons. The second-order valence-corrected chi connectivity index (χ2v) is 7.11. The fraction of sp³-hybridized carbons (Fsp3) is 0.118. The molecule has 0 spiro atoms. The molecule has 0 aliphatic carbocycles. The summed E-state index contributed by atoms with van der Waals surface area (Å²) < 4.78 is 0. The Kier molecular flexibility index (Phi) is 4.82. The van der Waals surface area contributed by atoms with E-state index in [2.05, 4.69) is 6.07 Å². The Morgan fingerprint density at radius 3 is 2.52 bits per heavy atom. The van der Waals surface area contributed by atoms with Gasteiger partial charge in [0.1, 0.15) is 0 Å². The summed E-state index contributed by atoms with van der Waals surface area (Å²) in [5.74, 6) is -0.446. The van der Waals surface area contributed by atoms with E-state index in [-0.39, 0.29) is 6.54 Å². The van der Waals surface area contributed by atoms with E-state index >= 15 is 0 Å². The van der Waals surface area contributed by atoms with E-state index in [1.54, 1.807) is 42.6 Å². The lowest BCUT2D eigenvalue weighted by molar-refractivity contribution is 0.0819. The standard InChI is InChI=1S/C17H11Cl2N3O2S/c1-10-11(8-20)9-21(16(23)15-3-2-4-25-15)17(24)22(10)14-6-12(18)5-13(19)7-14/h2-7H,9H2,1H3. The average molecular weight is 392 g/mol. The topological polar surface area (TPSA) is 64.4 Å². The zero-order valence-electron chi connectivity index (χ0n) is 13.0. The van der Waals surface area contributed by atoms with Crippen molar-refractivity contribution in [1.29, 1.82) is 5.26 Å². The molecule has 25 heavy (non-hydrogen) atoms. The van der Waals surface area contributed by atoms with Crippen molar-refractivity contribution in [3.63, 3.8) is 0 Å². The van der Waals surface area contributed by atoms with Gasteiger partial charge in [-0.25, -0.2) is 4.79 Å². The third-order valence-electron chi connectivity index (χ3n) is 3.73. The van der Waals surface area contributed by atoms with Gasteiger partial charge in [0.15, 0.2) is 0 Å². The van der Waals surface area contributed by atoms with Crippen molar-refractivity contribution in [1.82, 2.24) is 4.90 Å². The maximum atomic E-state index is 13.0. The van der Waals surface area contributed by atoms with Gasteiger partial charge in [-0.2, -0.15) is 5.26 Å². The molecule has 0 bridgehead atoms. The Hall–Kier alpha value is -2.33. The number of carbonyl (C=O) groups is 2. The lowest BCUT2D eigenvalue weighted by atomic mass is 10.1. The van der Waals surface area contributed by atoms with E-state index in [0.717, 1.165) is 4.90 Å². The van der Waals surface area contributed by atoms with Crippen LogP contribution in [0.4, 0.5) is 10.5 Å². The SMILES string of the molecule is CC1=C(C#N)CN(C(=O)c2cccs2)C(=O)N1c1cc(Cl)cc(Cl)c1. The van der Waals surface area contributed by atoms with E-state index < -0.39 is 11.9 Å². The molecular weight excluding hydrogens is 381 g/mol. The number of urea groups is 1. The first-order chi connectivity index (χ1) is 11.9. The molecule has 0 fully saturated rings. The largest absolute Gasteiger partial charge is 0.336 e. The van der Waals surface area contributed by atoms with Crippen LogP contribution in [0.25, 0.3) is 0 Å². The molecule has 0 atom stereocenters. The molecule has 0 N–H and O–H groups in total. The highest BCUT2D eigenvalue weighted by Gasteiger charge is 2.36. The van der Waals surface area contributed by atoms with E-state index in [0.29, 0.717) is 31.9 Å². The number of anilines is 1. The van der Waals surface area contributed by atoms with Crippen molar-refractivity contribution in [2.75, 3.05) is 11.4 Å². The summed E-state index contributed by atoms with van der Waals surface area (Å²) in [4.78, 5) is 28.4. The van der Waals surface area contributed by atoms with Gasteiger partial charge in [0.25, 0.3) is 5.91 Å². The predicted octanol–water partition coefficient (Wildman–Crippen LogP) is 4.93. The predicted molar refractivity (Wildman–Crippen MR) is 98.0 cm³/mol. The van der Waals surface area contributed by atoms with Gasteiger partial charge in [-0.05, 0) is 36.6 Å². The summed E-state index contributed by atoms with van der Waals surface area (Å²) in [5, 5.41) is 11.9. The molecule has 8 heteroatoms.